The van der Waals surface area contributed by atoms with Gasteiger partial charge in [0.2, 0.25) is 5.95 Å². The predicted molar refractivity (Wildman–Crippen MR) is 115 cm³/mol. The number of para-hydroxylation sites is 2. The summed E-state index contributed by atoms with van der Waals surface area (Å²) in [4.78, 5) is 24.8. The number of aromatic amines is 1. The van der Waals surface area contributed by atoms with Gasteiger partial charge >= 0.3 is 0 Å². The van der Waals surface area contributed by atoms with E-state index in [1.54, 1.807) is 23.3 Å². The van der Waals surface area contributed by atoms with Crippen molar-refractivity contribution in [1.82, 2.24) is 24.7 Å². The van der Waals surface area contributed by atoms with Crippen LogP contribution in [0.15, 0.2) is 85.3 Å². The lowest BCUT2D eigenvalue weighted by Crippen LogP contribution is -2.13. The summed E-state index contributed by atoms with van der Waals surface area (Å²) in [5, 5.41) is 7.52. The zero-order valence-corrected chi connectivity index (χ0v) is 16.0. The molecule has 0 aliphatic heterocycles. The number of hydrogen-bond donors (Lipinski definition) is 2. The van der Waals surface area contributed by atoms with Gasteiger partial charge in [-0.15, -0.1) is 0 Å². The van der Waals surface area contributed by atoms with Crippen molar-refractivity contribution < 1.29 is 4.79 Å². The largest absolute Gasteiger partial charge is 0.324 e. The molecule has 0 spiro atoms. The predicted octanol–water partition coefficient (Wildman–Crippen LogP) is 4.12. The van der Waals surface area contributed by atoms with E-state index in [-0.39, 0.29) is 5.91 Å². The Balaban J connectivity index is 1.49. The Morgan fingerprint density at radius 3 is 2.63 bits per heavy atom. The summed E-state index contributed by atoms with van der Waals surface area (Å²) in [6.07, 6.45) is 5.15. The standard InChI is InChI=1S/C23H18N6O/c30-22(27-23-25-19-10-4-5-11-20(19)26-23)18-15-29(14-16-7-2-1-3-8-16)28-21(18)17-9-6-12-24-13-17/h1-13,15H,14H2,(H2,25,26,27,30). The molecule has 5 rings (SSSR count). The zero-order valence-electron chi connectivity index (χ0n) is 16.0. The second-order valence-electron chi connectivity index (χ2n) is 6.87. The Kier molecular flexibility index (Phi) is 4.53. The van der Waals surface area contributed by atoms with Crippen molar-refractivity contribution in [3.05, 3.63) is 96.4 Å². The number of carbonyl (C=O) groups is 1. The number of imidazole rings is 1. The molecule has 7 nitrogen and oxygen atoms in total. The first-order chi connectivity index (χ1) is 14.8. The molecule has 0 saturated carbocycles. The monoisotopic (exact) mass is 394 g/mol. The Hall–Kier alpha value is -4.26. The first kappa shape index (κ1) is 17.8. The molecule has 0 unspecified atom stereocenters. The molecule has 0 fully saturated rings. The molecule has 7 heteroatoms. The fourth-order valence-electron chi connectivity index (χ4n) is 3.34. The van der Waals surface area contributed by atoms with E-state index in [2.05, 4.69) is 25.4 Å². The van der Waals surface area contributed by atoms with Crippen molar-refractivity contribution in [2.45, 2.75) is 6.54 Å². The maximum absolute atomic E-state index is 13.1. The molecule has 0 aliphatic carbocycles. The van der Waals surface area contributed by atoms with Crippen molar-refractivity contribution in [3.8, 4) is 11.3 Å². The van der Waals surface area contributed by atoms with Crippen LogP contribution in [0.5, 0.6) is 0 Å². The molecule has 3 heterocycles. The van der Waals surface area contributed by atoms with Crippen molar-refractivity contribution in [1.29, 1.82) is 0 Å². The van der Waals surface area contributed by atoms with Crippen LogP contribution in [0.3, 0.4) is 0 Å². The van der Waals surface area contributed by atoms with Crippen LogP contribution in [-0.4, -0.2) is 30.6 Å². The molecule has 3 aromatic heterocycles. The van der Waals surface area contributed by atoms with Crippen molar-refractivity contribution in [3.63, 3.8) is 0 Å². The third kappa shape index (κ3) is 3.56. The number of aromatic nitrogens is 5. The number of benzene rings is 2. The lowest BCUT2D eigenvalue weighted by Gasteiger charge is -2.02. The number of hydrogen-bond acceptors (Lipinski definition) is 4. The molecule has 5 aromatic rings. The molecule has 0 aliphatic rings. The SMILES string of the molecule is O=C(Nc1nc2ccccc2[nH]1)c1cn(Cc2ccccc2)nc1-c1cccnc1. The second-order valence-corrected chi connectivity index (χ2v) is 6.87. The van der Waals surface area contributed by atoms with E-state index < -0.39 is 0 Å². The maximum Gasteiger partial charge on any atom is 0.261 e. The van der Waals surface area contributed by atoms with E-state index in [0.717, 1.165) is 22.2 Å². The van der Waals surface area contributed by atoms with Crippen LogP contribution in [-0.2, 0) is 6.54 Å². The molecule has 0 saturated heterocycles. The molecular formula is C23H18N6O. The van der Waals surface area contributed by atoms with Crippen LogP contribution in [0, 0.1) is 0 Å². The third-order valence-electron chi connectivity index (χ3n) is 4.75. The Labute approximate surface area is 172 Å². The molecule has 1 amide bonds. The molecule has 0 radical (unpaired) electrons. The molecule has 2 N–H and O–H groups in total. The van der Waals surface area contributed by atoms with Gasteiger partial charge in [-0.05, 0) is 29.8 Å². The van der Waals surface area contributed by atoms with Crippen LogP contribution < -0.4 is 5.32 Å². The Bertz CT molecular complexity index is 1270. The Morgan fingerprint density at radius 2 is 1.83 bits per heavy atom. The van der Waals surface area contributed by atoms with Crippen molar-refractivity contribution in [2.24, 2.45) is 0 Å². The lowest BCUT2D eigenvalue weighted by molar-refractivity contribution is 0.102. The molecular weight excluding hydrogens is 376 g/mol. The number of amides is 1. The highest BCUT2D eigenvalue weighted by Gasteiger charge is 2.19. The first-order valence-electron chi connectivity index (χ1n) is 9.54. The maximum atomic E-state index is 13.1. The highest BCUT2D eigenvalue weighted by Crippen LogP contribution is 2.23. The number of nitrogens with zero attached hydrogens (tertiary/aromatic N) is 4. The van der Waals surface area contributed by atoms with Gasteiger partial charge < -0.3 is 4.98 Å². The van der Waals surface area contributed by atoms with E-state index in [4.69, 9.17) is 0 Å². The number of carbonyl (C=O) groups excluding carboxylic acids is 1. The summed E-state index contributed by atoms with van der Waals surface area (Å²) in [6.45, 7) is 0.562. The van der Waals surface area contributed by atoms with Gasteiger partial charge in [0.05, 0.1) is 23.1 Å². The molecule has 146 valence electrons. The third-order valence-corrected chi connectivity index (χ3v) is 4.75. The van der Waals surface area contributed by atoms with Gasteiger partial charge in [-0.1, -0.05) is 42.5 Å². The van der Waals surface area contributed by atoms with E-state index in [1.165, 1.54) is 0 Å². The first-order valence-corrected chi connectivity index (χ1v) is 9.54. The lowest BCUT2D eigenvalue weighted by atomic mass is 10.1. The summed E-state index contributed by atoms with van der Waals surface area (Å²) >= 11 is 0. The highest BCUT2D eigenvalue weighted by atomic mass is 16.1. The Morgan fingerprint density at radius 1 is 1.00 bits per heavy atom. The molecule has 2 aromatic carbocycles. The number of fused-ring (bicyclic) bond motifs is 1. The van der Waals surface area contributed by atoms with E-state index in [0.29, 0.717) is 23.8 Å². The average molecular weight is 394 g/mol. The van der Waals surface area contributed by atoms with Crippen LogP contribution >= 0.6 is 0 Å². The quantitative estimate of drug-likeness (QED) is 0.469. The fourth-order valence-corrected chi connectivity index (χ4v) is 3.34. The van der Waals surface area contributed by atoms with E-state index in [9.17, 15) is 4.79 Å². The van der Waals surface area contributed by atoms with Crippen LogP contribution in [0.2, 0.25) is 0 Å². The summed E-state index contributed by atoms with van der Waals surface area (Å²) in [5.41, 5.74) is 4.56. The number of rotatable bonds is 5. The van der Waals surface area contributed by atoms with Crippen molar-refractivity contribution >= 4 is 22.9 Å². The molecule has 30 heavy (non-hydrogen) atoms. The number of anilines is 1. The van der Waals surface area contributed by atoms with Gasteiger partial charge in [0, 0.05) is 24.2 Å². The normalized spacial score (nSPS) is 10.9. The smallest absolute Gasteiger partial charge is 0.261 e. The van der Waals surface area contributed by atoms with Crippen LogP contribution in [0.4, 0.5) is 5.95 Å². The van der Waals surface area contributed by atoms with Gasteiger partial charge in [-0.25, -0.2) is 4.98 Å². The summed E-state index contributed by atoms with van der Waals surface area (Å²) in [5.74, 6) is 0.112. The summed E-state index contributed by atoms with van der Waals surface area (Å²) in [7, 11) is 0. The number of H-pyrrole nitrogens is 1. The van der Waals surface area contributed by atoms with Gasteiger partial charge in [0.15, 0.2) is 0 Å². The van der Waals surface area contributed by atoms with Crippen LogP contribution in [0.25, 0.3) is 22.3 Å². The molecule has 0 bridgehead atoms. The minimum Gasteiger partial charge on any atom is -0.324 e. The van der Waals surface area contributed by atoms with Gasteiger partial charge in [0.25, 0.3) is 5.91 Å². The zero-order chi connectivity index (χ0) is 20.3. The van der Waals surface area contributed by atoms with Gasteiger partial charge in [-0.3, -0.25) is 19.8 Å². The minimum atomic E-state index is -0.285. The summed E-state index contributed by atoms with van der Waals surface area (Å²) < 4.78 is 1.77. The minimum absolute atomic E-state index is 0.285. The van der Waals surface area contributed by atoms with Gasteiger partial charge in [-0.2, -0.15) is 5.10 Å². The van der Waals surface area contributed by atoms with Gasteiger partial charge in [0.1, 0.15) is 5.69 Å². The van der Waals surface area contributed by atoms with E-state index in [1.807, 2.05) is 66.7 Å². The topological polar surface area (TPSA) is 88.5 Å². The average Bonchev–Trinajstić information content (AvgIpc) is 3.39. The fraction of sp³-hybridized carbons (Fsp3) is 0.0435. The second kappa shape index (κ2) is 7.63. The summed E-state index contributed by atoms with van der Waals surface area (Å²) in [6, 6.07) is 21.3. The molecule has 0 atom stereocenters. The van der Waals surface area contributed by atoms with Crippen LogP contribution in [0.1, 0.15) is 15.9 Å². The number of nitrogens with one attached hydrogen (secondary N) is 2. The van der Waals surface area contributed by atoms with Crippen molar-refractivity contribution in [2.75, 3.05) is 5.32 Å². The number of pyridine rings is 1. The van der Waals surface area contributed by atoms with E-state index >= 15 is 0 Å². The highest BCUT2D eigenvalue weighted by molar-refractivity contribution is 6.07.